The zero-order chi connectivity index (χ0) is 8.65. The van der Waals surface area contributed by atoms with Gasteiger partial charge < -0.3 is 0 Å². The fourth-order valence-corrected chi connectivity index (χ4v) is 4.34. The van der Waals surface area contributed by atoms with Crippen LogP contribution in [0.25, 0.3) is 0 Å². The molecule has 12 heavy (non-hydrogen) atoms. The van der Waals surface area contributed by atoms with Gasteiger partial charge in [-0.1, -0.05) is 34.4 Å². The number of hydrogen-bond donors (Lipinski definition) is 0. The van der Waals surface area contributed by atoms with Gasteiger partial charge in [0, 0.05) is 17.4 Å². The van der Waals surface area contributed by atoms with Gasteiger partial charge in [-0.05, 0) is 19.3 Å². The smallest absolute Gasteiger partial charge is 0.0621 e. The second-order valence-corrected chi connectivity index (χ2v) is 5.87. The van der Waals surface area contributed by atoms with Crippen molar-refractivity contribution in [2.45, 2.75) is 43.8 Å². The van der Waals surface area contributed by atoms with Crippen molar-refractivity contribution in [1.29, 1.82) is 5.26 Å². The molecule has 0 aromatic rings. The SMILES string of the molecule is N#CCCCCCC1CCSS1. The minimum Gasteiger partial charge on any atom is -0.198 e. The molecule has 0 saturated carbocycles. The molecule has 0 amide bonds. The first kappa shape index (κ1) is 10.3. The van der Waals surface area contributed by atoms with E-state index in [1.165, 1.54) is 31.4 Å². The van der Waals surface area contributed by atoms with Crippen LogP contribution >= 0.6 is 21.6 Å². The van der Waals surface area contributed by atoms with Crippen LogP contribution in [0.15, 0.2) is 0 Å². The lowest BCUT2D eigenvalue weighted by molar-refractivity contribution is 0.628. The third-order valence-electron chi connectivity index (χ3n) is 2.04. The summed E-state index contributed by atoms with van der Waals surface area (Å²) in [6.45, 7) is 0. The molecule has 68 valence electrons. The molecule has 0 aromatic heterocycles. The topological polar surface area (TPSA) is 23.8 Å². The standard InChI is InChI=1S/C9H15NS2/c10-7-4-2-1-3-5-9-6-8-11-12-9/h9H,1-6,8H2. The van der Waals surface area contributed by atoms with Crippen LogP contribution in [-0.2, 0) is 0 Å². The van der Waals surface area contributed by atoms with Crippen LogP contribution in [0.4, 0.5) is 0 Å². The lowest BCUT2D eigenvalue weighted by atomic mass is 10.1. The molecule has 0 radical (unpaired) electrons. The van der Waals surface area contributed by atoms with E-state index in [1.54, 1.807) is 0 Å². The van der Waals surface area contributed by atoms with Crippen molar-refractivity contribution in [3.05, 3.63) is 0 Å². The number of nitriles is 1. The Morgan fingerprint density at radius 3 is 2.92 bits per heavy atom. The normalized spacial score (nSPS) is 22.4. The molecule has 1 unspecified atom stereocenters. The minimum atomic E-state index is 0.743. The average Bonchev–Trinajstić information content (AvgIpc) is 2.57. The van der Waals surface area contributed by atoms with Crippen LogP contribution in [0, 0.1) is 11.3 Å². The molecule has 1 fully saturated rings. The second-order valence-electron chi connectivity index (χ2n) is 3.09. The third kappa shape index (κ3) is 4.27. The molecule has 1 rings (SSSR count). The Labute approximate surface area is 82.7 Å². The molecule has 0 spiro atoms. The summed E-state index contributed by atoms with van der Waals surface area (Å²) in [5, 5.41) is 9.23. The van der Waals surface area contributed by atoms with Gasteiger partial charge in [0.05, 0.1) is 6.07 Å². The van der Waals surface area contributed by atoms with Crippen molar-refractivity contribution in [3.8, 4) is 6.07 Å². The lowest BCUT2D eigenvalue weighted by Gasteiger charge is -2.05. The molecule has 0 aromatic carbocycles. The Kier molecular flexibility index (Phi) is 5.72. The van der Waals surface area contributed by atoms with Gasteiger partial charge in [-0.25, -0.2) is 0 Å². The van der Waals surface area contributed by atoms with E-state index in [0.717, 1.165) is 18.1 Å². The molecule has 1 saturated heterocycles. The summed E-state index contributed by atoms with van der Waals surface area (Å²) in [5.74, 6) is 1.34. The Hall–Kier alpha value is 0.190. The zero-order valence-corrected chi connectivity index (χ0v) is 8.92. The minimum absolute atomic E-state index is 0.743. The summed E-state index contributed by atoms with van der Waals surface area (Å²) >= 11 is 0. The van der Waals surface area contributed by atoms with Crippen molar-refractivity contribution in [1.82, 2.24) is 0 Å². The van der Waals surface area contributed by atoms with Crippen LogP contribution in [0.1, 0.15) is 38.5 Å². The van der Waals surface area contributed by atoms with Gasteiger partial charge in [0.2, 0.25) is 0 Å². The van der Waals surface area contributed by atoms with Crippen molar-refractivity contribution >= 4 is 21.6 Å². The molecule has 1 aliphatic rings. The first-order chi connectivity index (χ1) is 5.93. The van der Waals surface area contributed by atoms with E-state index in [-0.39, 0.29) is 0 Å². The lowest BCUT2D eigenvalue weighted by Crippen LogP contribution is -1.96. The highest BCUT2D eigenvalue weighted by Crippen LogP contribution is 2.39. The number of rotatable bonds is 5. The summed E-state index contributed by atoms with van der Waals surface area (Å²) in [6, 6.07) is 2.19. The van der Waals surface area contributed by atoms with Crippen molar-refractivity contribution in [2.24, 2.45) is 0 Å². The van der Waals surface area contributed by atoms with Gasteiger partial charge in [-0.3, -0.25) is 0 Å². The zero-order valence-electron chi connectivity index (χ0n) is 7.29. The Morgan fingerprint density at radius 2 is 2.25 bits per heavy atom. The van der Waals surface area contributed by atoms with E-state index in [1.807, 2.05) is 10.8 Å². The third-order valence-corrected chi connectivity index (χ3v) is 5.05. The fraction of sp³-hybridized carbons (Fsp3) is 0.889. The fourth-order valence-electron chi connectivity index (χ4n) is 1.32. The van der Waals surface area contributed by atoms with E-state index in [4.69, 9.17) is 5.26 Å². The highest BCUT2D eigenvalue weighted by molar-refractivity contribution is 8.77. The Morgan fingerprint density at radius 1 is 1.33 bits per heavy atom. The van der Waals surface area contributed by atoms with E-state index in [2.05, 4.69) is 16.9 Å². The van der Waals surface area contributed by atoms with E-state index in [9.17, 15) is 0 Å². The maximum atomic E-state index is 8.32. The van der Waals surface area contributed by atoms with Gasteiger partial charge in [0.1, 0.15) is 0 Å². The summed E-state index contributed by atoms with van der Waals surface area (Å²) < 4.78 is 0. The van der Waals surface area contributed by atoms with Crippen molar-refractivity contribution in [2.75, 3.05) is 5.75 Å². The second kappa shape index (κ2) is 6.68. The maximum Gasteiger partial charge on any atom is 0.0621 e. The average molecular weight is 201 g/mol. The van der Waals surface area contributed by atoms with Gasteiger partial charge in [-0.2, -0.15) is 5.26 Å². The maximum absolute atomic E-state index is 8.32. The van der Waals surface area contributed by atoms with Gasteiger partial charge in [-0.15, -0.1) is 0 Å². The van der Waals surface area contributed by atoms with Crippen LogP contribution < -0.4 is 0 Å². The summed E-state index contributed by atoms with van der Waals surface area (Å²) in [5.41, 5.74) is 0. The number of nitrogens with zero attached hydrogens (tertiary/aromatic N) is 1. The molecule has 3 heteroatoms. The highest BCUT2D eigenvalue weighted by Gasteiger charge is 2.15. The van der Waals surface area contributed by atoms with Crippen LogP contribution in [0.3, 0.4) is 0 Å². The summed E-state index contributed by atoms with van der Waals surface area (Å²) in [7, 11) is 4.07. The molecule has 1 nitrogen and oxygen atoms in total. The predicted molar refractivity (Wildman–Crippen MR) is 57.2 cm³/mol. The largest absolute Gasteiger partial charge is 0.198 e. The predicted octanol–water partition coefficient (Wildman–Crippen LogP) is 3.61. The first-order valence-electron chi connectivity index (χ1n) is 4.58. The van der Waals surface area contributed by atoms with Crippen LogP contribution in [0.5, 0.6) is 0 Å². The molecule has 1 heterocycles. The van der Waals surface area contributed by atoms with Gasteiger partial charge in [0.15, 0.2) is 0 Å². The van der Waals surface area contributed by atoms with Crippen molar-refractivity contribution in [3.63, 3.8) is 0 Å². The van der Waals surface area contributed by atoms with E-state index in [0.29, 0.717) is 0 Å². The molecule has 1 atom stereocenters. The molecule has 0 aliphatic carbocycles. The number of unbranched alkanes of at least 4 members (excludes halogenated alkanes) is 3. The van der Waals surface area contributed by atoms with Gasteiger partial charge >= 0.3 is 0 Å². The van der Waals surface area contributed by atoms with Gasteiger partial charge in [0.25, 0.3) is 0 Å². The quantitative estimate of drug-likeness (QED) is 0.501. The molecule has 0 N–H and O–H groups in total. The Balaban J connectivity index is 1.85. The molecular weight excluding hydrogens is 186 g/mol. The molecule has 0 bridgehead atoms. The van der Waals surface area contributed by atoms with Crippen LogP contribution in [-0.4, -0.2) is 11.0 Å². The van der Waals surface area contributed by atoms with Crippen molar-refractivity contribution < 1.29 is 0 Å². The summed E-state index contributed by atoms with van der Waals surface area (Å²) in [6.07, 6.45) is 7.17. The first-order valence-corrected chi connectivity index (χ1v) is 6.97. The summed E-state index contributed by atoms with van der Waals surface area (Å²) in [4.78, 5) is 0. The molecular formula is C9H15NS2. The molecule has 1 aliphatic heterocycles. The highest BCUT2D eigenvalue weighted by atomic mass is 33.1. The Bertz CT molecular complexity index is 147. The monoisotopic (exact) mass is 201 g/mol. The number of hydrogen-bond acceptors (Lipinski definition) is 3. The van der Waals surface area contributed by atoms with Crippen LogP contribution in [0.2, 0.25) is 0 Å². The van der Waals surface area contributed by atoms with E-state index < -0.39 is 0 Å². The van der Waals surface area contributed by atoms with E-state index >= 15 is 0 Å².